The maximum Gasteiger partial charge on any atom is 0.336 e. The van der Waals surface area contributed by atoms with Crippen LogP contribution in [0.3, 0.4) is 0 Å². The fourth-order valence-corrected chi connectivity index (χ4v) is 4.87. The van der Waals surface area contributed by atoms with Crippen LogP contribution in [-0.4, -0.2) is 14.8 Å². The van der Waals surface area contributed by atoms with Gasteiger partial charge < -0.3 is 9.15 Å². The third kappa shape index (κ3) is 4.58. The SMILES string of the molecule is C=CCn1c(COc2ccc(Cl)cc2)nnc1SCc1cc(=O)oc2ccc3ccccc3c12. The quantitative estimate of drug-likeness (QED) is 0.111. The van der Waals surface area contributed by atoms with E-state index < -0.39 is 0 Å². The first-order valence-electron chi connectivity index (χ1n) is 10.6. The van der Waals surface area contributed by atoms with Crippen molar-refractivity contribution in [3.8, 4) is 5.75 Å². The van der Waals surface area contributed by atoms with E-state index in [-0.39, 0.29) is 12.2 Å². The third-order valence-electron chi connectivity index (χ3n) is 5.36. The number of fused-ring (bicyclic) bond motifs is 3. The Morgan fingerprint density at radius 2 is 1.91 bits per heavy atom. The van der Waals surface area contributed by atoms with Gasteiger partial charge in [-0.2, -0.15) is 0 Å². The van der Waals surface area contributed by atoms with Crippen molar-refractivity contribution in [2.75, 3.05) is 0 Å². The van der Waals surface area contributed by atoms with Gasteiger partial charge in [-0.15, -0.1) is 16.8 Å². The van der Waals surface area contributed by atoms with E-state index in [2.05, 4.69) is 16.8 Å². The third-order valence-corrected chi connectivity index (χ3v) is 6.63. The molecule has 0 saturated carbocycles. The molecule has 0 fully saturated rings. The van der Waals surface area contributed by atoms with Crippen LogP contribution in [0.2, 0.25) is 5.02 Å². The van der Waals surface area contributed by atoms with E-state index in [1.807, 2.05) is 53.1 Å². The topological polar surface area (TPSA) is 70.2 Å². The van der Waals surface area contributed by atoms with Crippen molar-refractivity contribution in [1.29, 1.82) is 0 Å². The van der Waals surface area contributed by atoms with Gasteiger partial charge in [-0.1, -0.05) is 59.8 Å². The number of rotatable bonds is 8. The average Bonchev–Trinajstić information content (AvgIpc) is 3.23. The highest BCUT2D eigenvalue weighted by Crippen LogP contribution is 2.31. The lowest BCUT2D eigenvalue weighted by atomic mass is 10.0. The number of allylic oxidation sites excluding steroid dienone is 1. The van der Waals surface area contributed by atoms with E-state index in [9.17, 15) is 4.79 Å². The fraction of sp³-hybridized carbons (Fsp3) is 0.115. The molecule has 0 saturated heterocycles. The molecule has 0 aliphatic heterocycles. The van der Waals surface area contributed by atoms with Gasteiger partial charge in [0.05, 0.1) is 0 Å². The van der Waals surface area contributed by atoms with Gasteiger partial charge in [0, 0.05) is 28.8 Å². The number of hydrogen-bond acceptors (Lipinski definition) is 6. The van der Waals surface area contributed by atoms with Crippen molar-refractivity contribution in [2.24, 2.45) is 0 Å². The Morgan fingerprint density at radius 3 is 2.74 bits per heavy atom. The molecule has 2 heterocycles. The summed E-state index contributed by atoms with van der Waals surface area (Å²) in [6.07, 6.45) is 1.79. The number of halogens is 1. The molecule has 3 aromatic carbocycles. The Labute approximate surface area is 204 Å². The molecule has 0 spiro atoms. The Kier molecular flexibility index (Phi) is 6.38. The zero-order valence-electron chi connectivity index (χ0n) is 18.1. The lowest BCUT2D eigenvalue weighted by Crippen LogP contribution is -2.07. The number of ether oxygens (including phenoxy) is 1. The van der Waals surface area contributed by atoms with Crippen LogP contribution in [-0.2, 0) is 18.9 Å². The molecule has 8 heteroatoms. The summed E-state index contributed by atoms with van der Waals surface area (Å²) in [5.74, 6) is 1.91. The maximum absolute atomic E-state index is 12.2. The molecule has 170 valence electrons. The van der Waals surface area contributed by atoms with E-state index in [1.165, 1.54) is 11.8 Å². The molecule has 0 aliphatic rings. The van der Waals surface area contributed by atoms with Crippen molar-refractivity contribution in [1.82, 2.24) is 14.8 Å². The van der Waals surface area contributed by atoms with Gasteiger partial charge in [0.1, 0.15) is 17.9 Å². The molecular formula is C26H20ClN3O3S. The van der Waals surface area contributed by atoms with Crippen LogP contribution in [0.25, 0.3) is 21.7 Å². The zero-order valence-corrected chi connectivity index (χ0v) is 19.7. The molecule has 0 N–H and O–H groups in total. The average molecular weight is 490 g/mol. The van der Waals surface area contributed by atoms with Crippen LogP contribution < -0.4 is 10.4 Å². The van der Waals surface area contributed by atoms with E-state index in [1.54, 1.807) is 24.3 Å². The molecule has 0 atom stereocenters. The van der Waals surface area contributed by atoms with Crippen molar-refractivity contribution in [2.45, 2.75) is 24.1 Å². The lowest BCUT2D eigenvalue weighted by Gasteiger charge is -2.10. The Morgan fingerprint density at radius 1 is 1.09 bits per heavy atom. The van der Waals surface area contributed by atoms with E-state index in [0.717, 1.165) is 26.9 Å². The maximum atomic E-state index is 12.2. The number of nitrogens with zero attached hydrogens (tertiary/aromatic N) is 3. The van der Waals surface area contributed by atoms with Gasteiger partial charge in [-0.05, 0) is 46.7 Å². The first kappa shape index (κ1) is 22.3. The molecule has 2 aromatic heterocycles. The summed E-state index contributed by atoms with van der Waals surface area (Å²) in [7, 11) is 0. The largest absolute Gasteiger partial charge is 0.486 e. The van der Waals surface area contributed by atoms with Crippen LogP contribution in [0, 0.1) is 0 Å². The predicted molar refractivity (Wildman–Crippen MR) is 136 cm³/mol. The minimum atomic E-state index is -0.372. The summed E-state index contributed by atoms with van der Waals surface area (Å²) >= 11 is 7.45. The molecule has 5 aromatic rings. The first-order chi connectivity index (χ1) is 16.6. The summed E-state index contributed by atoms with van der Waals surface area (Å²) in [5.41, 5.74) is 1.09. The number of hydrogen-bond donors (Lipinski definition) is 0. The van der Waals surface area contributed by atoms with Gasteiger partial charge in [-0.3, -0.25) is 4.57 Å². The minimum absolute atomic E-state index is 0.255. The van der Waals surface area contributed by atoms with Crippen molar-refractivity contribution in [3.05, 3.63) is 106 Å². The second-order valence-electron chi connectivity index (χ2n) is 7.58. The van der Waals surface area contributed by atoms with E-state index >= 15 is 0 Å². The summed E-state index contributed by atoms with van der Waals surface area (Å²) in [4.78, 5) is 12.2. The van der Waals surface area contributed by atoms with Crippen LogP contribution in [0.4, 0.5) is 0 Å². The predicted octanol–water partition coefficient (Wildman–Crippen LogP) is 6.25. The molecule has 0 unspecified atom stereocenters. The van der Waals surface area contributed by atoms with Gasteiger partial charge in [0.2, 0.25) is 0 Å². The fourth-order valence-electron chi connectivity index (χ4n) is 3.80. The van der Waals surface area contributed by atoms with Crippen LogP contribution >= 0.6 is 23.4 Å². The molecule has 0 aliphatic carbocycles. The van der Waals surface area contributed by atoms with Gasteiger partial charge in [0.15, 0.2) is 11.0 Å². The summed E-state index contributed by atoms with van der Waals surface area (Å²) in [5, 5.41) is 13.1. The number of aromatic nitrogens is 3. The minimum Gasteiger partial charge on any atom is -0.486 e. The Hall–Kier alpha value is -3.55. The van der Waals surface area contributed by atoms with Crippen molar-refractivity contribution >= 4 is 45.1 Å². The van der Waals surface area contributed by atoms with E-state index in [4.69, 9.17) is 20.8 Å². The monoisotopic (exact) mass is 489 g/mol. The second kappa shape index (κ2) is 9.75. The van der Waals surface area contributed by atoms with Gasteiger partial charge in [-0.25, -0.2) is 4.79 Å². The van der Waals surface area contributed by atoms with Crippen molar-refractivity contribution < 1.29 is 9.15 Å². The summed E-state index contributed by atoms with van der Waals surface area (Å²) in [6.45, 7) is 4.65. The first-order valence-corrected chi connectivity index (χ1v) is 12.0. The van der Waals surface area contributed by atoms with Gasteiger partial charge in [0.25, 0.3) is 0 Å². The molecular weight excluding hydrogens is 470 g/mol. The molecule has 0 bridgehead atoms. The van der Waals surface area contributed by atoms with E-state index in [0.29, 0.717) is 34.5 Å². The molecule has 5 rings (SSSR count). The molecule has 0 radical (unpaired) electrons. The smallest absolute Gasteiger partial charge is 0.336 e. The normalized spacial score (nSPS) is 11.2. The van der Waals surface area contributed by atoms with Crippen LogP contribution in [0.5, 0.6) is 5.75 Å². The second-order valence-corrected chi connectivity index (χ2v) is 8.96. The summed E-state index contributed by atoms with van der Waals surface area (Å²) in [6, 6.07) is 20.6. The highest BCUT2D eigenvalue weighted by Gasteiger charge is 2.15. The zero-order chi connectivity index (χ0) is 23.5. The number of benzene rings is 3. The Bertz CT molecular complexity index is 1540. The van der Waals surface area contributed by atoms with Crippen molar-refractivity contribution in [3.63, 3.8) is 0 Å². The van der Waals surface area contributed by atoms with Gasteiger partial charge >= 0.3 is 5.63 Å². The number of thioether (sulfide) groups is 1. The highest BCUT2D eigenvalue weighted by atomic mass is 35.5. The Balaban J connectivity index is 1.43. The van der Waals surface area contributed by atoms with Crippen LogP contribution in [0.1, 0.15) is 11.4 Å². The molecule has 0 amide bonds. The molecule has 34 heavy (non-hydrogen) atoms. The lowest BCUT2D eigenvalue weighted by molar-refractivity contribution is 0.289. The molecule has 6 nitrogen and oxygen atoms in total. The highest BCUT2D eigenvalue weighted by molar-refractivity contribution is 7.98. The summed E-state index contributed by atoms with van der Waals surface area (Å²) < 4.78 is 13.3. The van der Waals surface area contributed by atoms with Crippen LogP contribution in [0.15, 0.2) is 93.8 Å². The standard InChI is InChI=1S/C26H20ClN3O3S/c1-2-13-30-23(15-32-20-10-8-19(27)9-11-20)28-29-26(30)34-16-18-14-24(31)33-22-12-7-17-5-3-4-6-21(17)25(18)22/h2-12,14H,1,13,15-16H2.